The predicted molar refractivity (Wildman–Crippen MR) is 84.5 cm³/mol. The Hall–Kier alpha value is -2.47. The standard InChI is InChI=1S/C17H18N4O2/c1-11-9-12(2)21(19-11)15-5-3-13(4-6-15)17-18-16(20-23-17)14-7-8-22-10-14/h3-6,9,14H,7-8,10H2,1-2H3/t14-/m1/s1. The second-order valence-corrected chi connectivity index (χ2v) is 5.90. The van der Waals surface area contributed by atoms with Crippen LogP contribution in [0, 0.1) is 13.8 Å². The fourth-order valence-corrected chi connectivity index (χ4v) is 2.89. The molecule has 1 atom stereocenters. The predicted octanol–water partition coefficient (Wildman–Crippen LogP) is 3.04. The van der Waals surface area contributed by atoms with E-state index in [0.717, 1.165) is 41.5 Å². The van der Waals surface area contributed by atoms with Gasteiger partial charge in [0.1, 0.15) is 0 Å². The summed E-state index contributed by atoms with van der Waals surface area (Å²) in [5.41, 5.74) is 4.04. The SMILES string of the molecule is Cc1cc(C)n(-c2ccc(-c3nc([C@@H]4CCOC4)no3)cc2)n1. The van der Waals surface area contributed by atoms with Crippen molar-refractivity contribution in [2.45, 2.75) is 26.2 Å². The normalized spacial score (nSPS) is 17.7. The molecule has 0 radical (unpaired) electrons. The molecule has 23 heavy (non-hydrogen) atoms. The zero-order valence-electron chi connectivity index (χ0n) is 13.2. The van der Waals surface area contributed by atoms with Crippen molar-refractivity contribution >= 4 is 0 Å². The Morgan fingerprint density at radius 2 is 2.00 bits per heavy atom. The molecule has 0 spiro atoms. The maximum absolute atomic E-state index is 5.40. The maximum atomic E-state index is 5.40. The highest BCUT2D eigenvalue weighted by atomic mass is 16.5. The van der Waals surface area contributed by atoms with Gasteiger partial charge in [-0.3, -0.25) is 0 Å². The monoisotopic (exact) mass is 310 g/mol. The van der Waals surface area contributed by atoms with Crippen LogP contribution < -0.4 is 0 Å². The molecule has 6 heteroatoms. The lowest BCUT2D eigenvalue weighted by Gasteiger charge is -2.04. The molecule has 0 aliphatic carbocycles. The highest BCUT2D eigenvalue weighted by Gasteiger charge is 2.23. The summed E-state index contributed by atoms with van der Waals surface area (Å²) in [4.78, 5) is 4.51. The largest absolute Gasteiger partial charge is 0.381 e. The topological polar surface area (TPSA) is 66.0 Å². The lowest BCUT2D eigenvalue weighted by Crippen LogP contribution is -2.00. The van der Waals surface area contributed by atoms with Crippen molar-refractivity contribution < 1.29 is 9.26 Å². The molecule has 0 saturated carbocycles. The molecule has 3 aromatic rings. The van der Waals surface area contributed by atoms with Crippen LogP contribution >= 0.6 is 0 Å². The fourth-order valence-electron chi connectivity index (χ4n) is 2.89. The van der Waals surface area contributed by atoms with Gasteiger partial charge in [-0.2, -0.15) is 10.1 Å². The summed E-state index contributed by atoms with van der Waals surface area (Å²) in [6, 6.07) is 10.0. The number of rotatable bonds is 3. The molecule has 1 fully saturated rings. The van der Waals surface area contributed by atoms with Gasteiger partial charge in [-0.1, -0.05) is 5.16 Å². The van der Waals surface area contributed by atoms with E-state index in [-0.39, 0.29) is 5.92 Å². The Morgan fingerprint density at radius 1 is 1.17 bits per heavy atom. The summed E-state index contributed by atoms with van der Waals surface area (Å²) in [6.45, 7) is 5.48. The molecule has 0 bridgehead atoms. The van der Waals surface area contributed by atoms with E-state index in [1.54, 1.807) is 0 Å². The van der Waals surface area contributed by atoms with Gasteiger partial charge in [0.2, 0.25) is 0 Å². The van der Waals surface area contributed by atoms with Crippen molar-refractivity contribution in [2.24, 2.45) is 0 Å². The average Bonchev–Trinajstić information content (AvgIpc) is 3.27. The van der Waals surface area contributed by atoms with E-state index in [9.17, 15) is 0 Å². The third-order valence-electron chi connectivity index (χ3n) is 4.10. The van der Waals surface area contributed by atoms with Crippen LogP contribution in [-0.2, 0) is 4.74 Å². The molecule has 1 aliphatic rings. The Labute approximate surface area is 134 Å². The van der Waals surface area contributed by atoms with E-state index in [4.69, 9.17) is 9.26 Å². The van der Waals surface area contributed by atoms with Gasteiger partial charge in [0, 0.05) is 23.8 Å². The number of hydrogen-bond donors (Lipinski definition) is 0. The Bertz CT molecular complexity index is 813. The van der Waals surface area contributed by atoms with E-state index in [0.29, 0.717) is 12.5 Å². The van der Waals surface area contributed by atoms with Crippen LogP contribution in [0.3, 0.4) is 0 Å². The van der Waals surface area contributed by atoms with Crippen molar-refractivity contribution in [3.8, 4) is 17.1 Å². The van der Waals surface area contributed by atoms with Gasteiger partial charge in [0.25, 0.3) is 5.89 Å². The molecular weight excluding hydrogens is 292 g/mol. The zero-order valence-corrected chi connectivity index (χ0v) is 13.2. The number of aryl methyl sites for hydroxylation is 2. The molecule has 1 saturated heterocycles. The molecular formula is C17H18N4O2. The van der Waals surface area contributed by atoms with E-state index >= 15 is 0 Å². The van der Waals surface area contributed by atoms with Gasteiger partial charge < -0.3 is 9.26 Å². The van der Waals surface area contributed by atoms with Crippen molar-refractivity contribution in [2.75, 3.05) is 13.2 Å². The summed E-state index contributed by atoms with van der Waals surface area (Å²) in [6.07, 6.45) is 0.954. The summed E-state index contributed by atoms with van der Waals surface area (Å²) >= 11 is 0. The Kier molecular flexibility index (Phi) is 3.46. The first-order valence-electron chi connectivity index (χ1n) is 7.76. The first-order valence-corrected chi connectivity index (χ1v) is 7.76. The number of ether oxygens (including phenoxy) is 1. The third kappa shape index (κ3) is 2.66. The number of hydrogen-bond acceptors (Lipinski definition) is 5. The summed E-state index contributed by atoms with van der Waals surface area (Å²) in [5, 5.41) is 8.58. The van der Waals surface area contributed by atoms with Crippen LogP contribution in [0.25, 0.3) is 17.1 Å². The molecule has 0 N–H and O–H groups in total. The minimum absolute atomic E-state index is 0.251. The molecule has 1 aliphatic heterocycles. The summed E-state index contributed by atoms with van der Waals surface area (Å²) in [7, 11) is 0. The van der Waals surface area contributed by atoms with Crippen molar-refractivity contribution in [3.05, 3.63) is 47.5 Å². The van der Waals surface area contributed by atoms with Gasteiger partial charge in [0.15, 0.2) is 5.82 Å². The third-order valence-corrected chi connectivity index (χ3v) is 4.10. The van der Waals surface area contributed by atoms with E-state index < -0.39 is 0 Å². The van der Waals surface area contributed by atoms with Crippen LogP contribution in [0.15, 0.2) is 34.9 Å². The van der Waals surface area contributed by atoms with Gasteiger partial charge in [-0.05, 0) is 50.6 Å². The first kappa shape index (κ1) is 14.1. The minimum Gasteiger partial charge on any atom is -0.381 e. The molecule has 118 valence electrons. The molecule has 0 unspecified atom stereocenters. The van der Waals surface area contributed by atoms with Crippen LogP contribution in [0.1, 0.15) is 29.6 Å². The highest BCUT2D eigenvalue weighted by molar-refractivity contribution is 5.55. The summed E-state index contributed by atoms with van der Waals surface area (Å²) < 4.78 is 12.7. The second kappa shape index (κ2) is 5.62. The van der Waals surface area contributed by atoms with Gasteiger partial charge in [-0.25, -0.2) is 4.68 Å². The number of nitrogens with zero attached hydrogens (tertiary/aromatic N) is 4. The average molecular weight is 310 g/mol. The van der Waals surface area contributed by atoms with Gasteiger partial charge in [-0.15, -0.1) is 0 Å². The van der Waals surface area contributed by atoms with Crippen LogP contribution in [0.4, 0.5) is 0 Å². The number of benzene rings is 1. The molecule has 0 amide bonds. The molecule has 2 aromatic heterocycles. The minimum atomic E-state index is 0.251. The highest BCUT2D eigenvalue weighted by Crippen LogP contribution is 2.26. The van der Waals surface area contributed by atoms with Crippen molar-refractivity contribution in [1.82, 2.24) is 19.9 Å². The van der Waals surface area contributed by atoms with Crippen molar-refractivity contribution in [3.63, 3.8) is 0 Å². The quantitative estimate of drug-likeness (QED) is 0.744. The Balaban J connectivity index is 1.59. The lowest BCUT2D eigenvalue weighted by molar-refractivity contribution is 0.192. The van der Waals surface area contributed by atoms with Crippen LogP contribution in [0.5, 0.6) is 0 Å². The zero-order chi connectivity index (χ0) is 15.8. The Morgan fingerprint density at radius 3 is 2.65 bits per heavy atom. The van der Waals surface area contributed by atoms with E-state index in [2.05, 4.69) is 21.3 Å². The van der Waals surface area contributed by atoms with E-state index in [1.165, 1.54) is 0 Å². The van der Waals surface area contributed by atoms with Gasteiger partial charge in [0.05, 0.1) is 18.0 Å². The summed E-state index contributed by atoms with van der Waals surface area (Å²) in [5.74, 6) is 1.54. The smallest absolute Gasteiger partial charge is 0.257 e. The second-order valence-electron chi connectivity index (χ2n) is 5.90. The van der Waals surface area contributed by atoms with Crippen molar-refractivity contribution in [1.29, 1.82) is 0 Å². The van der Waals surface area contributed by atoms with Gasteiger partial charge >= 0.3 is 0 Å². The molecule has 3 heterocycles. The molecule has 1 aromatic carbocycles. The maximum Gasteiger partial charge on any atom is 0.257 e. The first-order chi connectivity index (χ1) is 11.2. The molecule has 6 nitrogen and oxygen atoms in total. The number of aromatic nitrogens is 4. The lowest BCUT2D eigenvalue weighted by atomic mass is 10.1. The van der Waals surface area contributed by atoms with Crippen LogP contribution in [-0.4, -0.2) is 33.1 Å². The fraction of sp³-hybridized carbons (Fsp3) is 0.353. The van der Waals surface area contributed by atoms with Crippen LogP contribution in [0.2, 0.25) is 0 Å². The molecule has 4 rings (SSSR count). The van der Waals surface area contributed by atoms with E-state index in [1.807, 2.05) is 42.8 Å².